The number of hydrogen-bond acceptors (Lipinski definition) is 1. The van der Waals surface area contributed by atoms with Crippen molar-refractivity contribution in [2.45, 2.75) is 6.10 Å². The van der Waals surface area contributed by atoms with Crippen LogP contribution < -0.4 is 0 Å². The zero-order valence-electron chi connectivity index (χ0n) is 8.10. The highest BCUT2D eigenvalue weighted by Gasteiger charge is 2.09. The standard InChI is InChI=1S/C13H11ClO/c14-12-8-4-7-11(9-12)13(15)10-5-2-1-3-6-10/h1-9,13,15H/t13-/m0/s1. The van der Waals surface area contributed by atoms with Gasteiger partial charge in [-0.3, -0.25) is 0 Å². The van der Waals surface area contributed by atoms with Gasteiger partial charge in [0.15, 0.2) is 0 Å². The van der Waals surface area contributed by atoms with Gasteiger partial charge in [-0.25, -0.2) is 0 Å². The van der Waals surface area contributed by atoms with E-state index in [9.17, 15) is 5.11 Å². The Hall–Kier alpha value is -1.31. The summed E-state index contributed by atoms with van der Waals surface area (Å²) in [6.07, 6.45) is -0.607. The molecule has 0 saturated heterocycles. The Kier molecular flexibility index (Phi) is 3.05. The molecule has 0 amide bonds. The van der Waals surface area contributed by atoms with Crippen LogP contribution in [-0.2, 0) is 0 Å². The Morgan fingerprint density at radius 2 is 1.53 bits per heavy atom. The van der Waals surface area contributed by atoms with Gasteiger partial charge in [0.05, 0.1) is 0 Å². The number of rotatable bonds is 2. The van der Waals surface area contributed by atoms with Crippen molar-refractivity contribution < 1.29 is 5.11 Å². The van der Waals surface area contributed by atoms with E-state index in [0.717, 1.165) is 11.1 Å². The van der Waals surface area contributed by atoms with Crippen LogP contribution in [0.1, 0.15) is 17.2 Å². The van der Waals surface area contributed by atoms with E-state index in [2.05, 4.69) is 0 Å². The summed E-state index contributed by atoms with van der Waals surface area (Å²) in [5.41, 5.74) is 1.69. The summed E-state index contributed by atoms with van der Waals surface area (Å²) in [4.78, 5) is 0. The summed E-state index contributed by atoms with van der Waals surface area (Å²) in [6, 6.07) is 16.8. The van der Waals surface area contributed by atoms with Crippen molar-refractivity contribution in [2.75, 3.05) is 0 Å². The van der Waals surface area contributed by atoms with Crippen LogP contribution in [-0.4, -0.2) is 5.11 Å². The van der Waals surface area contributed by atoms with E-state index in [1.54, 1.807) is 12.1 Å². The molecule has 2 aromatic rings. The molecule has 0 aliphatic rings. The largest absolute Gasteiger partial charge is 0.384 e. The van der Waals surface area contributed by atoms with E-state index in [1.807, 2.05) is 42.5 Å². The Bertz CT molecular complexity index is 439. The molecule has 0 aromatic heterocycles. The molecule has 2 heteroatoms. The van der Waals surface area contributed by atoms with Crippen molar-refractivity contribution in [3.63, 3.8) is 0 Å². The van der Waals surface area contributed by atoms with Crippen molar-refractivity contribution in [3.8, 4) is 0 Å². The summed E-state index contributed by atoms with van der Waals surface area (Å²) in [5.74, 6) is 0. The predicted molar refractivity (Wildman–Crippen MR) is 62.0 cm³/mol. The zero-order chi connectivity index (χ0) is 10.7. The first-order valence-corrected chi connectivity index (χ1v) is 5.13. The summed E-state index contributed by atoms with van der Waals surface area (Å²) < 4.78 is 0. The molecular weight excluding hydrogens is 208 g/mol. The van der Waals surface area contributed by atoms with Gasteiger partial charge >= 0.3 is 0 Å². The molecule has 0 saturated carbocycles. The predicted octanol–water partition coefficient (Wildman–Crippen LogP) is 3.42. The molecule has 0 fully saturated rings. The first-order chi connectivity index (χ1) is 7.27. The Morgan fingerprint density at radius 3 is 2.20 bits per heavy atom. The van der Waals surface area contributed by atoms with Crippen molar-refractivity contribution in [2.24, 2.45) is 0 Å². The second-order valence-electron chi connectivity index (χ2n) is 3.37. The maximum absolute atomic E-state index is 10.1. The lowest BCUT2D eigenvalue weighted by atomic mass is 10.0. The molecule has 76 valence electrons. The molecule has 2 rings (SSSR count). The Balaban J connectivity index is 2.32. The number of halogens is 1. The van der Waals surface area contributed by atoms with Gasteiger partial charge in [0.25, 0.3) is 0 Å². The highest BCUT2D eigenvalue weighted by Crippen LogP contribution is 2.23. The Labute approximate surface area is 94.0 Å². The highest BCUT2D eigenvalue weighted by molar-refractivity contribution is 6.30. The van der Waals surface area contributed by atoms with E-state index in [0.29, 0.717) is 5.02 Å². The van der Waals surface area contributed by atoms with Crippen LogP contribution >= 0.6 is 11.6 Å². The third-order valence-corrected chi connectivity index (χ3v) is 2.51. The molecule has 0 radical (unpaired) electrons. The van der Waals surface area contributed by atoms with Crippen molar-refractivity contribution in [1.29, 1.82) is 0 Å². The van der Waals surface area contributed by atoms with Gasteiger partial charge in [-0.2, -0.15) is 0 Å². The zero-order valence-corrected chi connectivity index (χ0v) is 8.85. The van der Waals surface area contributed by atoms with Gasteiger partial charge in [0, 0.05) is 5.02 Å². The molecule has 0 aliphatic heterocycles. The average Bonchev–Trinajstić information content (AvgIpc) is 2.29. The van der Waals surface area contributed by atoms with Crippen molar-refractivity contribution in [3.05, 3.63) is 70.7 Å². The maximum Gasteiger partial charge on any atom is 0.104 e. The van der Waals surface area contributed by atoms with Crippen molar-refractivity contribution >= 4 is 11.6 Å². The molecule has 1 nitrogen and oxygen atoms in total. The van der Waals surface area contributed by atoms with Crippen LogP contribution in [0.25, 0.3) is 0 Å². The van der Waals surface area contributed by atoms with E-state index in [-0.39, 0.29) is 0 Å². The quantitative estimate of drug-likeness (QED) is 0.819. The molecule has 1 atom stereocenters. The SMILES string of the molecule is O[C@@H](c1ccccc1)c1cccc(Cl)c1. The molecular formula is C13H11ClO. The first kappa shape index (κ1) is 10.2. The maximum atomic E-state index is 10.1. The number of aliphatic hydroxyl groups is 1. The second-order valence-corrected chi connectivity index (χ2v) is 3.80. The first-order valence-electron chi connectivity index (χ1n) is 4.76. The summed E-state index contributed by atoms with van der Waals surface area (Å²) in [6.45, 7) is 0. The number of hydrogen-bond donors (Lipinski definition) is 1. The van der Waals surface area contributed by atoms with E-state index in [1.165, 1.54) is 0 Å². The molecule has 0 heterocycles. The van der Waals surface area contributed by atoms with Gasteiger partial charge in [-0.15, -0.1) is 0 Å². The molecule has 0 bridgehead atoms. The minimum Gasteiger partial charge on any atom is -0.384 e. The second kappa shape index (κ2) is 4.47. The molecule has 0 unspecified atom stereocenters. The number of aliphatic hydroxyl groups excluding tert-OH is 1. The molecule has 15 heavy (non-hydrogen) atoms. The summed E-state index contributed by atoms with van der Waals surface area (Å²) in [5, 5.41) is 10.7. The minimum atomic E-state index is -0.607. The fourth-order valence-corrected chi connectivity index (χ4v) is 1.70. The van der Waals surface area contributed by atoms with Crippen LogP contribution in [0.3, 0.4) is 0 Å². The van der Waals surface area contributed by atoms with E-state index >= 15 is 0 Å². The fourth-order valence-electron chi connectivity index (χ4n) is 1.50. The van der Waals surface area contributed by atoms with Crippen LogP contribution in [0.5, 0.6) is 0 Å². The van der Waals surface area contributed by atoms with Gasteiger partial charge in [-0.1, -0.05) is 54.1 Å². The van der Waals surface area contributed by atoms with Crippen LogP contribution in [0.2, 0.25) is 5.02 Å². The van der Waals surface area contributed by atoms with Gasteiger partial charge < -0.3 is 5.11 Å². The van der Waals surface area contributed by atoms with Crippen LogP contribution in [0.4, 0.5) is 0 Å². The van der Waals surface area contributed by atoms with E-state index in [4.69, 9.17) is 11.6 Å². The lowest BCUT2D eigenvalue weighted by molar-refractivity contribution is 0.220. The third-order valence-electron chi connectivity index (χ3n) is 2.28. The number of benzene rings is 2. The highest BCUT2D eigenvalue weighted by atomic mass is 35.5. The third kappa shape index (κ3) is 2.38. The monoisotopic (exact) mass is 218 g/mol. The molecule has 2 aromatic carbocycles. The lowest BCUT2D eigenvalue weighted by Crippen LogP contribution is -1.98. The van der Waals surface area contributed by atoms with Gasteiger partial charge in [0.1, 0.15) is 6.10 Å². The van der Waals surface area contributed by atoms with Gasteiger partial charge in [0.2, 0.25) is 0 Å². The smallest absolute Gasteiger partial charge is 0.104 e. The fraction of sp³-hybridized carbons (Fsp3) is 0.0769. The van der Waals surface area contributed by atoms with Crippen LogP contribution in [0, 0.1) is 0 Å². The molecule has 0 aliphatic carbocycles. The molecule has 1 N–H and O–H groups in total. The summed E-state index contributed by atoms with van der Waals surface area (Å²) >= 11 is 5.87. The van der Waals surface area contributed by atoms with Crippen LogP contribution in [0.15, 0.2) is 54.6 Å². The lowest BCUT2D eigenvalue weighted by Gasteiger charge is -2.11. The topological polar surface area (TPSA) is 20.2 Å². The molecule has 0 spiro atoms. The normalized spacial score (nSPS) is 12.4. The average molecular weight is 219 g/mol. The van der Waals surface area contributed by atoms with Gasteiger partial charge in [-0.05, 0) is 23.3 Å². The minimum absolute atomic E-state index is 0.607. The van der Waals surface area contributed by atoms with E-state index < -0.39 is 6.10 Å². The Morgan fingerprint density at radius 1 is 0.867 bits per heavy atom. The van der Waals surface area contributed by atoms with Crippen molar-refractivity contribution in [1.82, 2.24) is 0 Å². The summed E-state index contributed by atoms with van der Waals surface area (Å²) in [7, 11) is 0.